The second-order valence-corrected chi connectivity index (χ2v) is 6.55. The van der Waals surface area contributed by atoms with Crippen molar-refractivity contribution in [3.63, 3.8) is 0 Å². The topological polar surface area (TPSA) is 53.4 Å². The molecular weight excluding hydrogens is 264 g/mol. The molecule has 1 fully saturated rings. The van der Waals surface area contributed by atoms with Gasteiger partial charge in [-0.1, -0.05) is 32.0 Å². The molecule has 3 rings (SSSR count). The van der Waals surface area contributed by atoms with Crippen LogP contribution in [-0.4, -0.2) is 29.1 Å². The van der Waals surface area contributed by atoms with Gasteiger partial charge in [-0.25, -0.2) is 9.78 Å². The van der Waals surface area contributed by atoms with Gasteiger partial charge in [0.05, 0.1) is 5.52 Å². The van der Waals surface area contributed by atoms with Crippen LogP contribution in [0.25, 0.3) is 10.9 Å². The van der Waals surface area contributed by atoms with E-state index in [4.69, 9.17) is 0 Å². The Morgan fingerprint density at radius 2 is 2.10 bits per heavy atom. The first-order valence-corrected chi connectivity index (χ1v) is 7.34. The average molecular weight is 284 g/mol. The van der Waals surface area contributed by atoms with Crippen molar-refractivity contribution in [1.29, 1.82) is 0 Å². The van der Waals surface area contributed by atoms with E-state index in [1.54, 1.807) is 6.07 Å². The lowest BCUT2D eigenvalue weighted by Crippen LogP contribution is -2.41. The predicted molar refractivity (Wildman–Crippen MR) is 83.9 cm³/mol. The second-order valence-electron chi connectivity index (χ2n) is 6.55. The molecule has 21 heavy (non-hydrogen) atoms. The molecule has 0 spiro atoms. The van der Waals surface area contributed by atoms with Crippen molar-refractivity contribution < 1.29 is 9.90 Å². The number of carboxylic acids is 1. The van der Waals surface area contributed by atoms with Crippen LogP contribution in [0.4, 0.5) is 5.82 Å². The lowest BCUT2D eigenvalue weighted by Gasteiger charge is -2.39. The van der Waals surface area contributed by atoms with Crippen molar-refractivity contribution in [2.24, 2.45) is 5.41 Å². The van der Waals surface area contributed by atoms with Crippen LogP contribution in [0.2, 0.25) is 0 Å². The largest absolute Gasteiger partial charge is 0.478 e. The fourth-order valence-corrected chi connectivity index (χ4v) is 3.11. The van der Waals surface area contributed by atoms with Crippen molar-refractivity contribution in [3.8, 4) is 0 Å². The van der Waals surface area contributed by atoms with E-state index in [1.807, 2.05) is 24.3 Å². The van der Waals surface area contributed by atoms with Crippen molar-refractivity contribution in [2.45, 2.75) is 26.7 Å². The van der Waals surface area contributed by atoms with E-state index in [0.717, 1.165) is 30.4 Å². The number of benzene rings is 1. The number of para-hydroxylation sites is 1. The molecule has 110 valence electrons. The molecule has 1 aromatic carbocycles. The number of pyridine rings is 1. The Hall–Kier alpha value is -2.10. The van der Waals surface area contributed by atoms with Crippen LogP contribution in [0.5, 0.6) is 0 Å². The first kappa shape index (κ1) is 13.9. The molecule has 0 saturated carbocycles. The number of carboxylic acid groups (broad SMARTS) is 1. The monoisotopic (exact) mass is 284 g/mol. The van der Waals surface area contributed by atoms with Gasteiger partial charge in [-0.2, -0.15) is 0 Å². The number of hydrogen-bond acceptors (Lipinski definition) is 3. The van der Waals surface area contributed by atoms with Gasteiger partial charge in [-0.05, 0) is 30.4 Å². The highest BCUT2D eigenvalue weighted by Gasteiger charge is 2.29. The van der Waals surface area contributed by atoms with E-state index >= 15 is 0 Å². The number of aromatic carboxylic acids is 1. The first-order chi connectivity index (χ1) is 9.96. The van der Waals surface area contributed by atoms with Crippen molar-refractivity contribution in [1.82, 2.24) is 4.98 Å². The molecule has 2 aromatic rings. The average Bonchev–Trinajstić information content (AvgIpc) is 2.44. The fraction of sp³-hybridized carbons (Fsp3) is 0.412. The minimum Gasteiger partial charge on any atom is -0.478 e. The van der Waals surface area contributed by atoms with E-state index in [-0.39, 0.29) is 5.41 Å². The number of rotatable bonds is 2. The summed E-state index contributed by atoms with van der Waals surface area (Å²) in [5, 5.41) is 10.4. The van der Waals surface area contributed by atoms with Gasteiger partial charge in [0, 0.05) is 18.5 Å². The Kier molecular flexibility index (Phi) is 3.32. The van der Waals surface area contributed by atoms with Crippen molar-refractivity contribution in [3.05, 3.63) is 35.9 Å². The zero-order valence-electron chi connectivity index (χ0n) is 12.5. The Bertz CT molecular complexity index is 694. The van der Waals surface area contributed by atoms with Gasteiger partial charge < -0.3 is 10.0 Å². The second kappa shape index (κ2) is 5.02. The maximum atomic E-state index is 11.6. The highest BCUT2D eigenvalue weighted by atomic mass is 16.4. The van der Waals surface area contributed by atoms with Gasteiger partial charge >= 0.3 is 5.97 Å². The van der Waals surface area contributed by atoms with Crippen molar-refractivity contribution >= 4 is 22.7 Å². The lowest BCUT2D eigenvalue weighted by atomic mass is 9.84. The van der Waals surface area contributed by atoms with Gasteiger partial charge in [0.15, 0.2) is 0 Å². The number of piperidine rings is 1. The minimum absolute atomic E-state index is 0.196. The summed E-state index contributed by atoms with van der Waals surface area (Å²) in [6.45, 7) is 6.16. The SMILES string of the molecule is CC1(C)CCCN(c2nc3ccccc3cc2C(=O)O)C1. The Morgan fingerprint density at radius 3 is 2.81 bits per heavy atom. The molecule has 1 N–H and O–H groups in total. The summed E-state index contributed by atoms with van der Waals surface area (Å²) in [7, 11) is 0. The first-order valence-electron chi connectivity index (χ1n) is 7.34. The fourth-order valence-electron chi connectivity index (χ4n) is 3.11. The predicted octanol–water partition coefficient (Wildman–Crippen LogP) is 3.56. The number of fused-ring (bicyclic) bond motifs is 1. The smallest absolute Gasteiger partial charge is 0.339 e. The number of carbonyl (C=O) groups is 1. The van der Waals surface area contributed by atoms with Crippen LogP contribution >= 0.6 is 0 Å². The Labute approximate surface area is 124 Å². The molecule has 0 bridgehead atoms. The molecule has 0 radical (unpaired) electrons. The van der Waals surface area contributed by atoms with Crippen LogP contribution in [-0.2, 0) is 0 Å². The molecule has 1 saturated heterocycles. The molecular formula is C17H20N2O2. The van der Waals surface area contributed by atoms with Gasteiger partial charge in [0.2, 0.25) is 0 Å². The summed E-state index contributed by atoms with van der Waals surface area (Å²) < 4.78 is 0. The molecule has 1 aliphatic heterocycles. The summed E-state index contributed by atoms with van der Waals surface area (Å²) in [5.74, 6) is -0.305. The van der Waals surface area contributed by atoms with Gasteiger partial charge in [0.25, 0.3) is 0 Å². The molecule has 4 nitrogen and oxygen atoms in total. The normalized spacial score (nSPS) is 17.9. The van der Waals surface area contributed by atoms with E-state index in [9.17, 15) is 9.90 Å². The Balaban J connectivity index is 2.11. The summed E-state index contributed by atoms with van der Waals surface area (Å²) >= 11 is 0. The van der Waals surface area contributed by atoms with E-state index in [0.29, 0.717) is 11.4 Å². The number of anilines is 1. The summed E-state index contributed by atoms with van der Waals surface area (Å²) in [6, 6.07) is 9.40. The molecule has 0 atom stereocenters. The molecule has 0 unspecified atom stereocenters. The van der Waals surface area contributed by atoms with Crippen molar-refractivity contribution in [2.75, 3.05) is 18.0 Å². The summed E-state index contributed by atoms with van der Waals surface area (Å²) in [6.07, 6.45) is 2.24. The van der Waals surface area contributed by atoms with Gasteiger partial charge in [-0.3, -0.25) is 0 Å². The standard InChI is InChI=1S/C17H20N2O2/c1-17(2)8-5-9-19(11-17)15-13(16(20)21)10-12-6-3-4-7-14(12)18-15/h3-4,6-7,10H,5,8-9,11H2,1-2H3,(H,20,21). The lowest BCUT2D eigenvalue weighted by molar-refractivity contribution is 0.0697. The number of nitrogens with zero attached hydrogens (tertiary/aromatic N) is 2. The molecule has 0 aliphatic carbocycles. The minimum atomic E-state index is -0.911. The zero-order chi connectivity index (χ0) is 15.0. The highest BCUT2D eigenvalue weighted by Crippen LogP contribution is 2.33. The maximum Gasteiger partial charge on any atom is 0.339 e. The highest BCUT2D eigenvalue weighted by molar-refractivity contribution is 5.98. The van der Waals surface area contributed by atoms with Gasteiger partial charge in [0.1, 0.15) is 11.4 Å². The Morgan fingerprint density at radius 1 is 1.33 bits per heavy atom. The van der Waals surface area contributed by atoms with Crippen LogP contribution in [0.3, 0.4) is 0 Å². The van der Waals surface area contributed by atoms with Crippen LogP contribution in [0, 0.1) is 5.41 Å². The number of aromatic nitrogens is 1. The van der Waals surface area contributed by atoms with Gasteiger partial charge in [-0.15, -0.1) is 0 Å². The quantitative estimate of drug-likeness (QED) is 0.916. The van der Waals surface area contributed by atoms with Crippen LogP contribution in [0.1, 0.15) is 37.0 Å². The van der Waals surface area contributed by atoms with E-state index in [2.05, 4.69) is 23.7 Å². The molecule has 2 heterocycles. The summed E-state index contributed by atoms with van der Waals surface area (Å²) in [5.41, 5.74) is 1.34. The number of hydrogen-bond donors (Lipinski definition) is 1. The molecule has 1 aliphatic rings. The molecule has 1 aromatic heterocycles. The third-order valence-electron chi connectivity index (χ3n) is 4.13. The van der Waals surface area contributed by atoms with E-state index < -0.39 is 5.97 Å². The third kappa shape index (κ3) is 2.71. The van der Waals surface area contributed by atoms with E-state index in [1.165, 1.54) is 6.42 Å². The van der Waals surface area contributed by atoms with Crippen LogP contribution in [0.15, 0.2) is 30.3 Å². The van der Waals surface area contributed by atoms with Crippen LogP contribution < -0.4 is 4.90 Å². The maximum absolute atomic E-state index is 11.6. The third-order valence-corrected chi connectivity index (χ3v) is 4.13. The summed E-state index contributed by atoms with van der Waals surface area (Å²) in [4.78, 5) is 18.4. The zero-order valence-corrected chi connectivity index (χ0v) is 12.5. The molecule has 0 amide bonds. The molecule has 4 heteroatoms.